The Hall–Kier alpha value is -0.0800. The lowest BCUT2D eigenvalue weighted by Gasteiger charge is -2.16. The fourth-order valence-corrected chi connectivity index (χ4v) is 3.43. The van der Waals surface area contributed by atoms with E-state index in [4.69, 9.17) is 0 Å². The topological polar surface area (TPSA) is 15.3 Å². The van der Waals surface area contributed by atoms with Crippen LogP contribution in [-0.4, -0.2) is 37.6 Å². The quantitative estimate of drug-likeness (QED) is 0.654. The maximum Gasteiger partial charge on any atom is 0.00255 e. The van der Waals surface area contributed by atoms with E-state index in [2.05, 4.69) is 17.1 Å². The third-order valence-electron chi connectivity index (χ3n) is 4.54. The summed E-state index contributed by atoms with van der Waals surface area (Å²) in [5, 5.41) is 3.51. The van der Waals surface area contributed by atoms with Crippen molar-refractivity contribution >= 4 is 0 Å². The minimum absolute atomic E-state index is 0.972. The van der Waals surface area contributed by atoms with Gasteiger partial charge in [0.1, 0.15) is 0 Å². The highest BCUT2D eigenvalue weighted by molar-refractivity contribution is 4.90. The van der Waals surface area contributed by atoms with Crippen molar-refractivity contribution in [3.05, 3.63) is 0 Å². The molecule has 2 heterocycles. The van der Waals surface area contributed by atoms with E-state index >= 15 is 0 Å². The van der Waals surface area contributed by atoms with Gasteiger partial charge in [-0.3, -0.25) is 0 Å². The number of fused-ring (bicyclic) bond motifs is 1. The van der Waals surface area contributed by atoms with Crippen LogP contribution in [0.1, 0.15) is 51.9 Å². The Labute approximate surface area is 107 Å². The molecule has 0 saturated carbocycles. The first kappa shape index (κ1) is 13.4. The van der Waals surface area contributed by atoms with E-state index in [1.807, 2.05) is 0 Å². The van der Waals surface area contributed by atoms with Crippen molar-refractivity contribution in [2.24, 2.45) is 11.8 Å². The molecule has 2 heteroatoms. The first-order valence-electron chi connectivity index (χ1n) is 7.83. The molecular weight excluding hydrogens is 208 g/mol. The minimum atomic E-state index is 0.972. The number of unbranched alkanes of at least 4 members (excludes halogenated alkanes) is 6. The van der Waals surface area contributed by atoms with Crippen molar-refractivity contribution in [2.75, 3.05) is 32.7 Å². The first-order valence-corrected chi connectivity index (χ1v) is 7.83. The average molecular weight is 238 g/mol. The van der Waals surface area contributed by atoms with Gasteiger partial charge in [0, 0.05) is 13.1 Å². The molecule has 0 unspecified atom stereocenters. The fourth-order valence-electron chi connectivity index (χ4n) is 3.43. The zero-order valence-electron chi connectivity index (χ0n) is 11.6. The van der Waals surface area contributed by atoms with Gasteiger partial charge in [-0.15, -0.1) is 0 Å². The first-order chi connectivity index (χ1) is 8.40. The van der Waals surface area contributed by atoms with Gasteiger partial charge in [0.2, 0.25) is 0 Å². The second-order valence-electron chi connectivity index (χ2n) is 6.06. The molecule has 0 radical (unpaired) electrons. The van der Waals surface area contributed by atoms with Crippen molar-refractivity contribution in [3.63, 3.8) is 0 Å². The summed E-state index contributed by atoms with van der Waals surface area (Å²) < 4.78 is 0. The molecule has 0 amide bonds. The highest BCUT2D eigenvalue weighted by Gasteiger charge is 2.35. The molecule has 0 spiro atoms. The van der Waals surface area contributed by atoms with Crippen molar-refractivity contribution in [1.29, 1.82) is 0 Å². The third kappa shape index (κ3) is 4.26. The predicted octanol–water partition coefficient (Wildman–Crippen LogP) is 2.89. The Morgan fingerprint density at radius 2 is 1.47 bits per heavy atom. The van der Waals surface area contributed by atoms with E-state index in [-0.39, 0.29) is 0 Å². The summed E-state index contributed by atoms with van der Waals surface area (Å²) in [5.41, 5.74) is 0. The molecule has 2 saturated heterocycles. The van der Waals surface area contributed by atoms with Crippen LogP contribution in [-0.2, 0) is 0 Å². The van der Waals surface area contributed by atoms with Crippen LogP contribution in [0.2, 0.25) is 0 Å². The van der Waals surface area contributed by atoms with E-state index in [0.717, 1.165) is 11.8 Å². The van der Waals surface area contributed by atoms with Crippen LogP contribution in [0.4, 0.5) is 0 Å². The van der Waals surface area contributed by atoms with Gasteiger partial charge in [-0.2, -0.15) is 0 Å². The maximum atomic E-state index is 3.51. The monoisotopic (exact) mass is 238 g/mol. The molecule has 0 aromatic carbocycles. The summed E-state index contributed by atoms with van der Waals surface area (Å²) in [5.74, 6) is 1.94. The van der Waals surface area contributed by atoms with Gasteiger partial charge in [0.05, 0.1) is 0 Å². The van der Waals surface area contributed by atoms with Gasteiger partial charge >= 0.3 is 0 Å². The average Bonchev–Trinajstić information content (AvgIpc) is 2.88. The van der Waals surface area contributed by atoms with Crippen LogP contribution in [0.5, 0.6) is 0 Å². The zero-order valence-corrected chi connectivity index (χ0v) is 11.6. The number of hydrogen-bond acceptors (Lipinski definition) is 2. The minimum Gasteiger partial charge on any atom is -0.316 e. The van der Waals surface area contributed by atoms with E-state index < -0.39 is 0 Å². The Morgan fingerprint density at radius 3 is 2.12 bits per heavy atom. The summed E-state index contributed by atoms with van der Waals surface area (Å²) in [4.78, 5) is 2.71. The molecule has 2 atom stereocenters. The Morgan fingerprint density at radius 1 is 0.882 bits per heavy atom. The highest BCUT2D eigenvalue weighted by atomic mass is 15.2. The van der Waals surface area contributed by atoms with E-state index in [0.29, 0.717) is 0 Å². The standard InChI is InChI=1S/C15H30N2/c1-2-3-4-5-6-7-8-9-17-12-14-10-16-11-15(14)13-17/h14-16H,2-13H2,1H3/t14-,15+. The third-order valence-corrected chi connectivity index (χ3v) is 4.54. The van der Waals surface area contributed by atoms with Crippen LogP contribution in [0.15, 0.2) is 0 Å². The molecule has 1 N–H and O–H groups in total. The lowest BCUT2D eigenvalue weighted by molar-refractivity contribution is 0.304. The summed E-state index contributed by atoms with van der Waals surface area (Å²) in [6.07, 6.45) is 10.1. The smallest absolute Gasteiger partial charge is 0.00255 e. The summed E-state index contributed by atoms with van der Waals surface area (Å²) in [6, 6.07) is 0. The van der Waals surface area contributed by atoms with Gasteiger partial charge in [0.15, 0.2) is 0 Å². The van der Waals surface area contributed by atoms with Gasteiger partial charge in [-0.1, -0.05) is 45.4 Å². The van der Waals surface area contributed by atoms with Crippen molar-refractivity contribution in [1.82, 2.24) is 10.2 Å². The van der Waals surface area contributed by atoms with E-state index in [9.17, 15) is 0 Å². The van der Waals surface area contributed by atoms with E-state index in [1.54, 1.807) is 0 Å². The van der Waals surface area contributed by atoms with Crippen molar-refractivity contribution < 1.29 is 0 Å². The normalized spacial score (nSPS) is 28.8. The Balaban J connectivity index is 1.44. The van der Waals surface area contributed by atoms with Crippen molar-refractivity contribution in [2.45, 2.75) is 51.9 Å². The van der Waals surface area contributed by atoms with Crippen LogP contribution in [0.25, 0.3) is 0 Å². The number of nitrogens with zero attached hydrogens (tertiary/aromatic N) is 1. The fraction of sp³-hybridized carbons (Fsp3) is 1.00. The number of nitrogens with one attached hydrogen (secondary N) is 1. The van der Waals surface area contributed by atoms with Crippen LogP contribution in [0, 0.1) is 11.8 Å². The van der Waals surface area contributed by atoms with Gasteiger partial charge in [0.25, 0.3) is 0 Å². The Kier molecular flexibility index (Phi) is 5.79. The lowest BCUT2D eigenvalue weighted by Crippen LogP contribution is -2.26. The number of likely N-dealkylation sites (tertiary alicyclic amines) is 1. The Bertz CT molecular complexity index is 193. The predicted molar refractivity (Wildman–Crippen MR) is 74.3 cm³/mol. The lowest BCUT2D eigenvalue weighted by atomic mass is 10.0. The number of hydrogen-bond donors (Lipinski definition) is 1. The van der Waals surface area contributed by atoms with E-state index in [1.165, 1.54) is 77.7 Å². The largest absolute Gasteiger partial charge is 0.316 e. The molecule has 2 aliphatic rings. The van der Waals surface area contributed by atoms with Crippen LogP contribution < -0.4 is 5.32 Å². The zero-order chi connectivity index (χ0) is 11.9. The second-order valence-corrected chi connectivity index (χ2v) is 6.06. The highest BCUT2D eigenvalue weighted by Crippen LogP contribution is 2.26. The molecule has 2 fully saturated rings. The molecule has 0 bridgehead atoms. The maximum absolute atomic E-state index is 3.51. The summed E-state index contributed by atoms with van der Waals surface area (Å²) >= 11 is 0. The molecule has 2 aliphatic heterocycles. The van der Waals surface area contributed by atoms with Gasteiger partial charge in [-0.25, -0.2) is 0 Å². The molecule has 2 nitrogen and oxygen atoms in total. The van der Waals surface area contributed by atoms with Crippen molar-refractivity contribution in [3.8, 4) is 0 Å². The van der Waals surface area contributed by atoms with Crippen LogP contribution in [0.3, 0.4) is 0 Å². The van der Waals surface area contributed by atoms with Crippen LogP contribution >= 0.6 is 0 Å². The molecule has 0 aromatic rings. The SMILES string of the molecule is CCCCCCCCCN1C[C@H]2CNC[C@H]2C1. The molecule has 17 heavy (non-hydrogen) atoms. The summed E-state index contributed by atoms with van der Waals surface area (Å²) in [6.45, 7) is 8.94. The molecule has 0 aromatic heterocycles. The van der Waals surface area contributed by atoms with Gasteiger partial charge in [-0.05, 0) is 37.9 Å². The molecule has 0 aliphatic carbocycles. The molecule has 100 valence electrons. The molecular formula is C15H30N2. The number of rotatable bonds is 8. The second kappa shape index (κ2) is 7.38. The summed E-state index contributed by atoms with van der Waals surface area (Å²) in [7, 11) is 0. The molecule has 2 rings (SSSR count). The van der Waals surface area contributed by atoms with Gasteiger partial charge < -0.3 is 10.2 Å².